The van der Waals surface area contributed by atoms with Gasteiger partial charge < -0.3 is 10.3 Å². The third-order valence-electron chi connectivity index (χ3n) is 4.90. The second-order valence-corrected chi connectivity index (χ2v) is 7.24. The first-order valence-corrected chi connectivity index (χ1v) is 9.30. The Labute approximate surface area is 166 Å². The van der Waals surface area contributed by atoms with E-state index < -0.39 is 11.5 Å². The highest BCUT2D eigenvalue weighted by Gasteiger charge is 2.28. The molecule has 2 aromatic carbocycles. The van der Waals surface area contributed by atoms with Crippen LogP contribution >= 0.6 is 11.6 Å². The quantitative estimate of drug-likeness (QED) is 0.701. The fraction of sp³-hybridized carbons (Fsp3) is 0.136. The molecule has 0 fully saturated rings. The number of hydrogen-bond acceptors (Lipinski definition) is 3. The molecule has 0 saturated carbocycles. The Hall–Kier alpha value is -3.18. The fourth-order valence-corrected chi connectivity index (χ4v) is 3.72. The van der Waals surface area contributed by atoms with Crippen molar-refractivity contribution in [1.82, 2.24) is 4.98 Å². The van der Waals surface area contributed by atoms with Gasteiger partial charge in [0.25, 0.3) is 11.5 Å². The lowest BCUT2D eigenvalue weighted by molar-refractivity contribution is 0.0963. The number of fused-ring (bicyclic) bond motifs is 1. The number of pyridine rings is 1. The Kier molecular flexibility index (Phi) is 4.84. The van der Waals surface area contributed by atoms with Crippen LogP contribution in [0, 0.1) is 0 Å². The lowest BCUT2D eigenvalue weighted by Crippen LogP contribution is -2.29. The minimum Gasteiger partial charge on any atom is -0.325 e. The fourth-order valence-electron chi connectivity index (χ4n) is 3.53. The van der Waals surface area contributed by atoms with Gasteiger partial charge in [-0.1, -0.05) is 48.0 Å². The number of H-pyrrole nitrogens is 1. The van der Waals surface area contributed by atoms with Crippen LogP contribution in [0.3, 0.4) is 0 Å². The maximum Gasteiger partial charge on any atom is 0.261 e. The SMILES string of the molecule is O=C1C[C@H](c2ccccc2)Cc2[nH]c(=O)c(C(=O)Nc3cccc(Cl)c3)cc21. The molecular weight excluding hydrogens is 376 g/mol. The molecule has 0 saturated heterocycles. The summed E-state index contributed by atoms with van der Waals surface area (Å²) in [5, 5.41) is 3.11. The minimum absolute atomic E-state index is 0.0167. The van der Waals surface area contributed by atoms with E-state index in [0.29, 0.717) is 34.8 Å². The number of aromatic amines is 1. The number of amides is 1. The summed E-state index contributed by atoms with van der Waals surface area (Å²) < 4.78 is 0. The van der Waals surface area contributed by atoms with Crippen molar-refractivity contribution in [1.29, 1.82) is 0 Å². The van der Waals surface area contributed by atoms with E-state index >= 15 is 0 Å². The van der Waals surface area contributed by atoms with Crippen LogP contribution in [0.5, 0.6) is 0 Å². The molecule has 28 heavy (non-hydrogen) atoms. The molecule has 0 unspecified atom stereocenters. The Morgan fingerprint density at radius 3 is 2.54 bits per heavy atom. The standard InChI is InChI=1S/C22H17ClN2O3/c23-15-7-4-8-16(11-15)24-21(27)18-12-17-19(25-22(18)28)9-14(10-20(17)26)13-5-2-1-3-6-13/h1-8,11-12,14H,9-10H2,(H,24,27)(H,25,28)/t14-/m1/s1. The number of hydrogen-bond donors (Lipinski definition) is 2. The summed E-state index contributed by atoms with van der Waals surface area (Å²) in [5.41, 5.74) is 1.91. The highest BCUT2D eigenvalue weighted by atomic mass is 35.5. The molecule has 1 amide bonds. The Balaban J connectivity index is 1.63. The molecule has 0 aliphatic heterocycles. The number of anilines is 1. The van der Waals surface area contributed by atoms with E-state index in [4.69, 9.17) is 11.6 Å². The molecule has 6 heteroatoms. The normalized spacial score (nSPS) is 15.8. The molecule has 1 aromatic heterocycles. The average molecular weight is 393 g/mol. The number of carbonyl (C=O) groups is 2. The Bertz CT molecular complexity index is 1120. The van der Waals surface area contributed by atoms with E-state index in [0.717, 1.165) is 5.56 Å². The van der Waals surface area contributed by atoms with E-state index in [1.165, 1.54) is 6.07 Å². The van der Waals surface area contributed by atoms with E-state index in [2.05, 4.69) is 10.3 Å². The number of benzene rings is 2. The van der Waals surface area contributed by atoms with Crippen molar-refractivity contribution >= 4 is 29.0 Å². The van der Waals surface area contributed by atoms with Crippen LogP contribution in [0.25, 0.3) is 0 Å². The van der Waals surface area contributed by atoms with Crippen LogP contribution in [0.2, 0.25) is 5.02 Å². The largest absolute Gasteiger partial charge is 0.325 e. The number of nitrogens with one attached hydrogen (secondary N) is 2. The number of rotatable bonds is 3. The maximum absolute atomic E-state index is 12.7. The van der Waals surface area contributed by atoms with E-state index in [9.17, 15) is 14.4 Å². The van der Waals surface area contributed by atoms with E-state index in [1.54, 1.807) is 24.3 Å². The summed E-state index contributed by atoms with van der Waals surface area (Å²) >= 11 is 5.92. The van der Waals surface area contributed by atoms with Crippen molar-refractivity contribution in [3.63, 3.8) is 0 Å². The smallest absolute Gasteiger partial charge is 0.261 e. The first kappa shape index (κ1) is 18.2. The molecule has 1 aliphatic carbocycles. The van der Waals surface area contributed by atoms with Crippen molar-refractivity contribution in [2.75, 3.05) is 5.32 Å². The number of aromatic nitrogens is 1. The lowest BCUT2D eigenvalue weighted by Gasteiger charge is -2.24. The Morgan fingerprint density at radius 2 is 1.79 bits per heavy atom. The molecule has 1 aliphatic rings. The molecule has 3 aromatic rings. The molecule has 1 heterocycles. The second-order valence-electron chi connectivity index (χ2n) is 6.81. The van der Waals surface area contributed by atoms with Crippen molar-refractivity contribution in [3.05, 3.63) is 98.4 Å². The number of ketones is 1. The molecule has 1 atom stereocenters. The third-order valence-corrected chi connectivity index (χ3v) is 5.14. The summed E-state index contributed by atoms with van der Waals surface area (Å²) in [5.74, 6) is -0.643. The van der Waals surface area contributed by atoms with Crippen molar-refractivity contribution < 1.29 is 9.59 Å². The van der Waals surface area contributed by atoms with Gasteiger partial charge in [0.15, 0.2) is 5.78 Å². The zero-order valence-corrected chi connectivity index (χ0v) is 15.6. The van der Waals surface area contributed by atoms with Gasteiger partial charge in [-0.25, -0.2) is 0 Å². The summed E-state index contributed by atoms with van der Waals surface area (Å²) in [6, 6.07) is 17.8. The predicted octanol–water partition coefficient (Wildman–Crippen LogP) is 4.19. The van der Waals surface area contributed by atoms with E-state index in [1.807, 2.05) is 30.3 Å². The van der Waals surface area contributed by atoms with Gasteiger partial charge in [-0.3, -0.25) is 14.4 Å². The van der Waals surface area contributed by atoms with Crippen LogP contribution in [0.15, 0.2) is 65.5 Å². The molecule has 4 rings (SSSR count). The number of halogens is 1. The zero-order chi connectivity index (χ0) is 19.7. The van der Waals surface area contributed by atoms with Crippen LogP contribution in [-0.4, -0.2) is 16.7 Å². The lowest BCUT2D eigenvalue weighted by atomic mass is 9.81. The van der Waals surface area contributed by atoms with Crippen LogP contribution in [0.4, 0.5) is 5.69 Å². The maximum atomic E-state index is 12.7. The van der Waals surface area contributed by atoms with Gasteiger partial charge in [0.2, 0.25) is 0 Å². The minimum atomic E-state index is -0.579. The highest BCUT2D eigenvalue weighted by molar-refractivity contribution is 6.31. The van der Waals surface area contributed by atoms with Crippen LogP contribution in [-0.2, 0) is 6.42 Å². The first-order chi connectivity index (χ1) is 13.5. The Morgan fingerprint density at radius 1 is 1.00 bits per heavy atom. The van der Waals surface area contributed by atoms with Crippen LogP contribution in [0.1, 0.15) is 44.3 Å². The summed E-state index contributed by atoms with van der Waals surface area (Å²) in [7, 11) is 0. The number of carbonyl (C=O) groups excluding carboxylic acids is 2. The van der Waals surface area contributed by atoms with Gasteiger partial charge in [-0.15, -0.1) is 0 Å². The topological polar surface area (TPSA) is 79.0 Å². The number of Topliss-reactive ketones (excluding diaryl/α,β-unsaturated/α-hetero) is 1. The van der Waals surface area contributed by atoms with Gasteiger partial charge in [-0.05, 0) is 42.2 Å². The highest BCUT2D eigenvalue weighted by Crippen LogP contribution is 2.31. The average Bonchev–Trinajstić information content (AvgIpc) is 2.68. The first-order valence-electron chi connectivity index (χ1n) is 8.92. The van der Waals surface area contributed by atoms with Crippen molar-refractivity contribution in [3.8, 4) is 0 Å². The van der Waals surface area contributed by atoms with Crippen molar-refractivity contribution in [2.24, 2.45) is 0 Å². The molecule has 0 bridgehead atoms. The van der Waals surface area contributed by atoms with Gasteiger partial charge in [0.05, 0.1) is 0 Å². The summed E-state index contributed by atoms with van der Waals surface area (Å²) in [6.45, 7) is 0. The molecule has 0 spiro atoms. The van der Waals surface area contributed by atoms with Gasteiger partial charge in [0.1, 0.15) is 5.56 Å². The van der Waals surface area contributed by atoms with Crippen LogP contribution < -0.4 is 10.9 Å². The van der Waals surface area contributed by atoms with Gasteiger partial charge in [0, 0.05) is 28.4 Å². The van der Waals surface area contributed by atoms with Crippen molar-refractivity contribution in [2.45, 2.75) is 18.8 Å². The zero-order valence-electron chi connectivity index (χ0n) is 14.9. The van der Waals surface area contributed by atoms with E-state index in [-0.39, 0.29) is 17.3 Å². The van der Waals surface area contributed by atoms with Gasteiger partial charge >= 0.3 is 0 Å². The molecule has 2 N–H and O–H groups in total. The molecule has 0 radical (unpaired) electrons. The second kappa shape index (κ2) is 7.44. The third kappa shape index (κ3) is 3.62. The monoisotopic (exact) mass is 392 g/mol. The molecule has 5 nitrogen and oxygen atoms in total. The van der Waals surface area contributed by atoms with Gasteiger partial charge in [-0.2, -0.15) is 0 Å². The molecule has 140 valence electrons. The summed E-state index contributed by atoms with van der Waals surface area (Å²) in [4.78, 5) is 40.5. The predicted molar refractivity (Wildman–Crippen MR) is 108 cm³/mol. The summed E-state index contributed by atoms with van der Waals surface area (Å²) in [6.07, 6.45) is 0.898. The molecular formula is C22H17ClN2O3.